The normalized spacial score (nSPS) is 11.4. The maximum atomic E-state index is 12.8. The zero-order valence-corrected chi connectivity index (χ0v) is 15.9. The highest BCUT2D eigenvalue weighted by atomic mass is 16.1. The Hall–Kier alpha value is -3.41. The molecule has 0 spiro atoms. The second-order valence-corrected chi connectivity index (χ2v) is 7.28. The standard InChI is InChI=1S/C22H22N4O2/c1-14(2)13-26-19-10-6-5-9-18(19)25-20(26)12-24-22(28)17-11-23-21(27)16-8-4-3-7-15(16)17/h3-11,14H,12-13H2,1-2H3,(H,23,27)(H,24,28). The number of hydrogen-bond acceptors (Lipinski definition) is 3. The van der Waals surface area contributed by atoms with Crippen molar-refractivity contribution in [1.29, 1.82) is 0 Å². The number of carbonyl (C=O) groups excluding carboxylic acids is 1. The number of nitrogens with zero attached hydrogens (tertiary/aromatic N) is 2. The maximum absolute atomic E-state index is 12.8. The smallest absolute Gasteiger partial charge is 0.255 e. The van der Waals surface area contributed by atoms with Crippen molar-refractivity contribution in [2.24, 2.45) is 5.92 Å². The Kier molecular flexibility index (Phi) is 4.69. The molecule has 142 valence electrons. The average molecular weight is 374 g/mol. The third kappa shape index (κ3) is 3.29. The summed E-state index contributed by atoms with van der Waals surface area (Å²) in [5.74, 6) is 1.03. The summed E-state index contributed by atoms with van der Waals surface area (Å²) in [6.07, 6.45) is 1.47. The Morgan fingerprint density at radius 2 is 1.82 bits per heavy atom. The van der Waals surface area contributed by atoms with Crippen LogP contribution in [0, 0.1) is 5.92 Å². The average Bonchev–Trinajstić information content (AvgIpc) is 3.04. The summed E-state index contributed by atoms with van der Waals surface area (Å²) in [5.41, 5.74) is 2.23. The molecular formula is C22H22N4O2. The molecule has 6 nitrogen and oxygen atoms in total. The van der Waals surface area contributed by atoms with Crippen molar-refractivity contribution in [2.75, 3.05) is 0 Å². The summed E-state index contributed by atoms with van der Waals surface area (Å²) >= 11 is 0. The highest BCUT2D eigenvalue weighted by molar-refractivity contribution is 6.06. The van der Waals surface area contributed by atoms with Crippen LogP contribution < -0.4 is 10.9 Å². The molecular weight excluding hydrogens is 352 g/mol. The van der Waals surface area contributed by atoms with Crippen LogP contribution in [0.4, 0.5) is 0 Å². The van der Waals surface area contributed by atoms with Gasteiger partial charge in [0.2, 0.25) is 0 Å². The zero-order chi connectivity index (χ0) is 19.7. The number of aromatic amines is 1. The fraction of sp³-hybridized carbons (Fsp3) is 0.227. The van der Waals surface area contributed by atoms with Crippen LogP contribution >= 0.6 is 0 Å². The molecule has 1 amide bonds. The quantitative estimate of drug-likeness (QED) is 0.561. The number of H-pyrrole nitrogens is 1. The van der Waals surface area contributed by atoms with E-state index in [1.54, 1.807) is 18.2 Å². The molecule has 0 bridgehead atoms. The second-order valence-electron chi connectivity index (χ2n) is 7.28. The predicted molar refractivity (Wildman–Crippen MR) is 110 cm³/mol. The molecule has 28 heavy (non-hydrogen) atoms. The Bertz CT molecular complexity index is 1220. The van der Waals surface area contributed by atoms with Gasteiger partial charge in [0.15, 0.2) is 0 Å². The largest absolute Gasteiger partial charge is 0.345 e. The van der Waals surface area contributed by atoms with E-state index in [-0.39, 0.29) is 11.5 Å². The van der Waals surface area contributed by atoms with Crippen molar-refractivity contribution in [3.8, 4) is 0 Å². The lowest BCUT2D eigenvalue weighted by Gasteiger charge is -2.13. The number of carbonyl (C=O) groups is 1. The molecule has 6 heteroatoms. The number of aromatic nitrogens is 3. The molecule has 0 aliphatic rings. The van der Waals surface area contributed by atoms with Gasteiger partial charge in [-0.05, 0) is 24.1 Å². The van der Waals surface area contributed by atoms with Gasteiger partial charge in [-0.15, -0.1) is 0 Å². The Labute approximate surface area is 162 Å². The molecule has 0 atom stereocenters. The van der Waals surface area contributed by atoms with Gasteiger partial charge in [-0.2, -0.15) is 0 Å². The molecule has 2 aromatic heterocycles. The summed E-state index contributed by atoms with van der Waals surface area (Å²) in [6.45, 7) is 5.45. The van der Waals surface area contributed by atoms with Gasteiger partial charge in [0.05, 0.1) is 23.1 Å². The third-order valence-corrected chi connectivity index (χ3v) is 4.74. The van der Waals surface area contributed by atoms with Crippen LogP contribution in [0.1, 0.15) is 30.0 Å². The summed E-state index contributed by atoms with van der Waals surface area (Å²) in [6, 6.07) is 15.1. The van der Waals surface area contributed by atoms with Crippen molar-refractivity contribution in [2.45, 2.75) is 26.9 Å². The Balaban J connectivity index is 1.64. The minimum absolute atomic E-state index is 0.203. The van der Waals surface area contributed by atoms with E-state index < -0.39 is 0 Å². The van der Waals surface area contributed by atoms with E-state index in [2.05, 4.69) is 28.7 Å². The van der Waals surface area contributed by atoms with Crippen LogP contribution in [0.3, 0.4) is 0 Å². The van der Waals surface area contributed by atoms with E-state index in [9.17, 15) is 9.59 Å². The van der Waals surface area contributed by atoms with E-state index in [0.29, 0.717) is 28.8 Å². The molecule has 2 heterocycles. The van der Waals surface area contributed by atoms with Crippen LogP contribution in [0.25, 0.3) is 21.8 Å². The monoisotopic (exact) mass is 374 g/mol. The van der Waals surface area contributed by atoms with Crippen molar-refractivity contribution < 1.29 is 4.79 Å². The summed E-state index contributed by atoms with van der Waals surface area (Å²) in [5, 5.41) is 4.10. The first-order valence-corrected chi connectivity index (χ1v) is 9.37. The van der Waals surface area contributed by atoms with Crippen molar-refractivity contribution in [1.82, 2.24) is 19.9 Å². The maximum Gasteiger partial charge on any atom is 0.255 e. The molecule has 2 N–H and O–H groups in total. The minimum atomic E-state index is -0.240. The van der Waals surface area contributed by atoms with Gasteiger partial charge in [0.1, 0.15) is 5.82 Å². The first kappa shape index (κ1) is 18.0. The number of fused-ring (bicyclic) bond motifs is 2. The molecule has 4 aromatic rings. The Morgan fingerprint density at radius 3 is 2.61 bits per heavy atom. The molecule has 0 fully saturated rings. The summed E-state index contributed by atoms with van der Waals surface area (Å²) < 4.78 is 2.16. The number of rotatable bonds is 5. The van der Waals surface area contributed by atoms with Crippen molar-refractivity contribution in [3.05, 3.63) is 76.5 Å². The van der Waals surface area contributed by atoms with Gasteiger partial charge >= 0.3 is 0 Å². The predicted octanol–water partition coefficient (Wildman–Crippen LogP) is 3.46. The lowest BCUT2D eigenvalue weighted by atomic mass is 10.1. The van der Waals surface area contributed by atoms with E-state index >= 15 is 0 Å². The van der Waals surface area contributed by atoms with E-state index in [4.69, 9.17) is 4.98 Å². The first-order valence-electron chi connectivity index (χ1n) is 9.37. The van der Waals surface area contributed by atoms with Crippen LogP contribution in [0.15, 0.2) is 59.5 Å². The lowest BCUT2D eigenvalue weighted by molar-refractivity contribution is 0.0951. The van der Waals surface area contributed by atoms with E-state index in [1.165, 1.54) is 6.20 Å². The van der Waals surface area contributed by atoms with Crippen LogP contribution in [0.2, 0.25) is 0 Å². The highest BCUT2D eigenvalue weighted by Gasteiger charge is 2.15. The summed E-state index contributed by atoms with van der Waals surface area (Å²) in [4.78, 5) is 32.1. The number of imidazole rings is 1. The molecule has 0 saturated carbocycles. The third-order valence-electron chi connectivity index (χ3n) is 4.74. The number of benzene rings is 2. The van der Waals surface area contributed by atoms with Crippen LogP contribution in [0.5, 0.6) is 0 Å². The highest BCUT2D eigenvalue weighted by Crippen LogP contribution is 2.18. The van der Waals surface area contributed by atoms with Crippen molar-refractivity contribution in [3.63, 3.8) is 0 Å². The molecule has 0 aliphatic carbocycles. The second kappa shape index (κ2) is 7.31. The van der Waals surface area contributed by atoms with E-state index in [0.717, 1.165) is 23.4 Å². The molecule has 2 aromatic carbocycles. The molecule has 0 aliphatic heterocycles. The molecule has 0 saturated heterocycles. The number of para-hydroxylation sites is 2. The van der Waals surface area contributed by atoms with Gasteiger partial charge in [-0.3, -0.25) is 9.59 Å². The van der Waals surface area contributed by atoms with Crippen molar-refractivity contribution >= 4 is 27.7 Å². The first-order chi connectivity index (χ1) is 13.5. The van der Waals surface area contributed by atoms with Gasteiger partial charge in [-0.25, -0.2) is 4.98 Å². The SMILES string of the molecule is CC(C)Cn1c(CNC(=O)c2c[nH]c(=O)c3ccccc23)nc2ccccc21. The zero-order valence-electron chi connectivity index (χ0n) is 15.9. The van der Waals surface area contributed by atoms with Gasteiger partial charge < -0.3 is 14.9 Å². The number of pyridine rings is 1. The van der Waals surface area contributed by atoms with Gasteiger partial charge in [0, 0.05) is 23.5 Å². The molecule has 0 radical (unpaired) electrons. The number of hydrogen-bond donors (Lipinski definition) is 2. The molecule has 4 rings (SSSR count). The van der Waals surface area contributed by atoms with Gasteiger partial charge in [-0.1, -0.05) is 44.2 Å². The number of amides is 1. The topological polar surface area (TPSA) is 79.8 Å². The molecule has 0 unspecified atom stereocenters. The van der Waals surface area contributed by atoms with E-state index in [1.807, 2.05) is 30.3 Å². The number of nitrogens with one attached hydrogen (secondary N) is 2. The Morgan fingerprint density at radius 1 is 1.11 bits per heavy atom. The lowest BCUT2D eigenvalue weighted by Crippen LogP contribution is -2.26. The minimum Gasteiger partial charge on any atom is -0.345 e. The summed E-state index contributed by atoms with van der Waals surface area (Å²) in [7, 11) is 0. The van der Waals surface area contributed by atoms with Crippen LogP contribution in [-0.4, -0.2) is 20.4 Å². The van der Waals surface area contributed by atoms with Gasteiger partial charge in [0.25, 0.3) is 11.5 Å². The fourth-order valence-corrected chi connectivity index (χ4v) is 3.48. The fourth-order valence-electron chi connectivity index (χ4n) is 3.48. The van der Waals surface area contributed by atoms with Crippen LogP contribution in [-0.2, 0) is 13.1 Å².